The van der Waals surface area contributed by atoms with E-state index in [9.17, 15) is 9.59 Å². The van der Waals surface area contributed by atoms with E-state index in [4.69, 9.17) is 11.6 Å². The summed E-state index contributed by atoms with van der Waals surface area (Å²) in [5.41, 5.74) is -0.149. The molecule has 0 amide bonds. The van der Waals surface area contributed by atoms with Crippen molar-refractivity contribution in [3.63, 3.8) is 0 Å². The highest BCUT2D eigenvalue weighted by atomic mass is 35.5. The van der Waals surface area contributed by atoms with E-state index in [0.29, 0.717) is 17.5 Å². The molecule has 0 atom stereocenters. The number of halogens is 1. The van der Waals surface area contributed by atoms with Gasteiger partial charge in [-0.3, -0.25) is 14.3 Å². The van der Waals surface area contributed by atoms with E-state index in [0.717, 1.165) is 25.7 Å². The number of fused-ring (bicyclic) bond motifs is 1. The van der Waals surface area contributed by atoms with Crippen molar-refractivity contribution < 1.29 is 0 Å². The van der Waals surface area contributed by atoms with Crippen LogP contribution in [0.3, 0.4) is 0 Å². The van der Waals surface area contributed by atoms with Gasteiger partial charge < -0.3 is 4.98 Å². The minimum atomic E-state index is -0.457. The molecule has 2 aromatic heterocycles. The van der Waals surface area contributed by atoms with Gasteiger partial charge in [0.05, 0.1) is 0 Å². The van der Waals surface area contributed by atoms with Crippen LogP contribution in [-0.2, 0) is 0 Å². The summed E-state index contributed by atoms with van der Waals surface area (Å²) in [7, 11) is 0. The monoisotopic (exact) mass is 280 g/mol. The van der Waals surface area contributed by atoms with E-state index < -0.39 is 5.56 Å². The van der Waals surface area contributed by atoms with E-state index in [1.165, 1.54) is 0 Å². The topological polar surface area (TPSA) is 83.5 Å². The fourth-order valence-electron chi connectivity index (χ4n) is 2.94. The molecule has 0 aromatic carbocycles. The Morgan fingerprint density at radius 2 is 1.79 bits per heavy atom. The summed E-state index contributed by atoms with van der Waals surface area (Å²) in [5, 5.41) is 0.144. The molecule has 19 heavy (non-hydrogen) atoms. The lowest BCUT2D eigenvalue weighted by Gasteiger charge is -2.18. The fourth-order valence-corrected chi connectivity index (χ4v) is 3.12. The molecule has 2 N–H and O–H groups in total. The van der Waals surface area contributed by atoms with Gasteiger partial charge in [-0.25, -0.2) is 4.79 Å². The van der Waals surface area contributed by atoms with E-state index >= 15 is 0 Å². The zero-order chi connectivity index (χ0) is 13.1. The number of nitrogens with one attached hydrogen (secondary N) is 2. The van der Waals surface area contributed by atoms with Gasteiger partial charge in [0.25, 0.3) is 5.56 Å². The second-order valence-electron chi connectivity index (χ2n) is 5.52. The summed E-state index contributed by atoms with van der Waals surface area (Å²) in [6.07, 6.45) is 4.58. The second-order valence-corrected chi connectivity index (χ2v) is 5.88. The molecule has 0 bridgehead atoms. The van der Waals surface area contributed by atoms with E-state index in [-0.39, 0.29) is 22.5 Å². The highest BCUT2D eigenvalue weighted by Crippen LogP contribution is 2.51. The van der Waals surface area contributed by atoms with Gasteiger partial charge in [-0.1, -0.05) is 0 Å². The molecule has 2 fully saturated rings. The Bertz CT molecular complexity index is 754. The van der Waals surface area contributed by atoms with Crippen LogP contribution in [0.2, 0.25) is 5.28 Å². The van der Waals surface area contributed by atoms with Gasteiger partial charge in [0, 0.05) is 6.04 Å². The Morgan fingerprint density at radius 1 is 1.16 bits per heavy atom. The average molecular weight is 281 g/mol. The Hall–Kier alpha value is -1.56. The zero-order valence-corrected chi connectivity index (χ0v) is 10.9. The lowest BCUT2D eigenvalue weighted by Crippen LogP contribution is -2.34. The van der Waals surface area contributed by atoms with Crippen LogP contribution in [0.25, 0.3) is 11.2 Å². The van der Waals surface area contributed by atoms with Crippen molar-refractivity contribution in [2.75, 3.05) is 0 Å². The molecule has 4 rings (SSSR count). The standard InChI is InChI=1S/C12H13ClN4O2/c13-11-14-7-9(15-11)17(12(19)16-10(7)18)8(5-1-2-5)6-3-4-6/h5-6,8H,1-4H2,(H,14,15)(H,16,18,19). The maximum Gasteiger partial charge on any atom is 0.330 e. The van der Waals surface area contributed by atoms with Crippen molar-refractivity contribution in [3.8, 4) is 0 Å². The third kappa shape index (κ3) is 1.74. The Labute approximate surface area is 112 Å². The summed E-state index contributed by atoms with van der Waals surface area (Å²) >= 11 is 5.84. The highest BCUT2D eigenvalue weighted by molar-refractivity contribution is 6.28. The third-order valence-electron chi connectivity index (χ3n) is 4.06. The molecule has 2 aromatic rings. The van der Waals surface area contributed by atoms with Crippen LogP contribution in [0.1, 0.15) is 31.7 Å². The summed E-state index contributed by atoms with van der Waals surface area (Å²) in [5.74, 6) is 1.07. The molecule has 7 heteroatoms. The molecule has 0 spiro atoms. The molecule has 100 valence electrons. The largest absolute Gasteiger partial charge is 0.330 e. The highest BCUT2D eigenvalue weighted by Gasteiger charge is 2.44. The zero-order valence-electron chi connectivity index (χ0n) is 10.1. The SMILES string of the molecule is O=c1[nH]c(=O)n(C(C2CC2)C2CC2)c2nc(Cl)[nH]c12. The summed E-state index contributed by atoms with van der Waals surface area (Å²) in [6.45, 7) is 0. The molecule has 0 radical (unpaired) electrons. The van der Waals surface area contributed by atoms with Gasteiger partial charge in [-0.2, -0.15) is 4.98 Å². The molecular formula is C12H13ClN4O2. The van der Waals surface area contributed by atoms with Gasteiger partial charge in [0.1, 0.15) is 0 Å². The Morgan fingerprint density at radius 3 is 2.37 bits per heavy atom. The second kappa shape index (κ2) is 3.72. The molecular weight excluding hydrogens is 268 g/mol. The molecule has 2 aliphatic carbocycles. The van der Waals surface area contributed by atoms with Crippen molar-refractivity contribution >= 4 is 22.8 Å². The Balaban J connectivity index is 2.01. The first-order chi connectivity index (χ1) is 9.15. The van der Waals surface area contributed by atoms with E-state index in [1.807, 2.05) is 0 Å². The number of aromatic amines is 2. The van der Waals surface area contributed by atoms with Crippen molar-refractivity contribution in [3.05, 3.63) is 26.1 Å². The number of hydrogen-bond acceptors (Lipinski definition) is 3. The summed E-state index contributed by atoms with van der Waals surface area (Å²) in [4.78, 5) is 33.1. The number of aromatic nitrogens is 4. The third-order valence-corrected chi connectivity index (χ3v) is 4.24. The number of rotatable bonds is 3. The van der Waals surface area contributed by atoms with Crippen LogP contribution >= 0.6 is 11.6 Å². The van der Waals surface area contributed by atoms with Gasteiger partial charge in [0.15, 0.2) is 11.2 Å². The van der Waals surface area contributed by atoms with Crippen LogP contribution < -0.4 is 11.2 Å². The average Bonchev–Trinajstić information content (AvgIpc) is 3.24. The van der Waals surface area contributed by atoms with Gasteiger partial charge in [0.2, 0.25) is 5.28 Å². The fraction of sp³-hybridized carbons (Fsp3) is 0.583. The summed E-state index contributed by atoms with van der Waals surface area (Å²) in [6, 6.07) is 0.159. The molecule has 6 nitrogen and oxygen atoms in total. The van der Waals surface area contributed by atoms with Crippen LogP contribution in [0.15, 0.2) is 9.59 Å². The van der Waals surface area contributed by atoms with E-state index in [1.54, 1.807) is 4.57 Å². The molecule has 2 heterocycles. The van der Waals surface area contributed by atoms with E-state index in [2.05, 4.69) is 15.0 Å². The first-order valence-electron chi connectivity index (χ1n) is 6.55. The predicted octanol–water partition coefficient (Wildman–Crippen LogP) is 1.43. The lowest BCUT2D eigenvalue weighted by atomic mass is 10.1. The molecule has 0 aliphatic heterocycles. The molecule has 0 saturated heterocycles. The number of hydrogen-bond donors (Lipinski definition) is 2. The van der Waals surface area contributed by atoms with Gasteiger partial charge in [-0.05, 0) is 49.1 Å². The number of H-pyrrole nitrogens is 2. The van der Waals surface area contributed by atoms with Crippen LogP contribution in [0.4, 0.5) is 0 Å². The number of nitrogens with zero attached hydrogens (tertiary/aromatic N) is 2. The Kier molecular flexibility index (Phi) is 2.21. The molecule has 2 saturated carbocycles. The minimum Gasteiger partial charge on any atom is -0.323 e. The van der Waals surface area contributed by atoms with Crippen molar-refractivity contribution in [2.24, 2.45) is 11.8 Å². The first-order valence-corrected chi connectivity index (χ1v) is 6.93. The van der Waals surface area contributed by atoms with Gasteiger partial charge in [-0.15, -0.1) is 0 Å². The predicted molar refractivity (Wildman–Crippen MR) is 70.5 cm³/mol. The molecule has 2 aliphatic rings. The number of imidazole rings is 1. The lowest BCUT2D eigenvalue weighted by molar-refractivity contribution is 0.388. The maximum absolute atomic E-state index is 12.2. The maximum atomic E-state index is 12.2. The smallest absolute Gasteiger partial charge is 0.323 e. The normalized spacial score (nSPS) is 19.5. The van der Waals surface area contributed by atoms with Gasteiger partial charge >= 0.3 is 5.69 Å². The van der Waals surface area contributed by atoms with Crippen LogP contribution in [-0.4, -0.2) is 19.5 Å². The van der Waals surface area contributed by atoms with Crippen LogP contribution in [0, 0.1) is 11.8 Å². The molecule has 0 unspecified atom stereocenters. The summed E-state index contributed by atoms with van der Waals surface area (Å²) < 4.78 is 1.65. The van der Waals surface area contributed by atoms with Crippen LogP contribution in [0.5, 0.6) is 0 Å². The minimum absolute atomic E-state index is 0.144. The quantitative estimate of drug-likeness (QED) is 0.834. The van der Waals surface area contributed by atoms with Crippen molar-refractivity contribution in [1.82, 2.24) is 19.5 Å². The van der Waals surface area contributed by atoms with Crippen molar-refractivity contribution in [2.45, 2.75) is 31.7 Å². The first kappa shape index (κ1) is 11.3. The van der Waals surface area contributed by atoms with Crippen molar-refractivity contribution in [1.29, 1.82) is 0 Å².